The number of rotatable bonds is 6. The van der Waals surface area contributed by atoms with Gasteiger partial charge in [0.1, 0.15) is 5.82 Å². The number of anilines is 1. The summed E-state index contributed by atoms with van der Waals surface area (Å²) in [5.41, 5.74) is -0.901. The second-order valence-corrected chi connectivity index (χ2v) is 6.19. The monoisotopic (exact) mass is 364 g/mol. The Kier molecular flexibility index (Phi) is 6.28. The smallest absolute Gasteiger partial charge is 0.368 e. The zero-order chi connectivity index (χ0) is 17.7. The highest BCUT2D eigenvalue weighted by Gasteiger charge is 2.31. The van der Waals surface area contributed by atoms with Crippen LogP contribution in [0.2, 0.25) is 5.02 Å². The second kappa shape index (κ2) is 8.02. The maximum atomic E-state index is 12.5. The van der Waals surface area contributed by atoms with Crippen molar-refractivity contribution < 1.29 is 18.0 Å². The van der Waals surface area contributed by atoms with E-state index in [1.165, 1.54) is 0 Å². The molecule has 134 valence electrons. The molecule has 24 heavy (non-hydrogen) atoms. The van der Waals surface area contributed by atoms with Crippen LogP contribution in [-0.4, -0.2) is 49.0 Å². The number of hydrogen-bond donors (Lipinski definition) is 2. The molecule has 1 amide bonds. The molecular weight excluding hydrogens is 345 g/mol. The van der Waals surface area contributed by atoms with Crippen LogP contribution in [0.25, 0.3) is 0 Å². The first-order chi connectivity index (χ1) is 11.3. The van der Waals surface area contributed by atoms with E-state index in [1.807, 2.05) is 11.9 Å². The van der Waals surface area contributed by atoms with Crippen LogP contribution in [0.1, 0.15) is 18.4 Å². The molecule has 1 saturated heterocycles. The predicted molar refractivity (Wildman–Crippen MR) is 86.0 cm³/mol. The van der Waals surface area contributed by atoms with Crippen molar-refractivity contribution in [3.8, 4) is 0 Å². The Balaban J connectivity index is 1.81. The van der Waals surface area contributed by atoms with Gasteiger partial charge in [-0.1, -0.05) is 11.6 Å². The molecule has 5 nitrogen and oxygen atoms in total. The summed E-state index contributed by atoms with van der Waals surface area (Å²) in [6.45, 7) is 2.63. The first-order valence-electron chi connectivity index (χ1n) is 7.70. The molecule has 0 spiro atoms. The van der Waals surface area contributed by atoms with Gasteiger partial charge in [0.2, 0.25) is 5.91 Å². The van der Waals surface area contributed by atoms with Crippen LogP contribution in [0.4, 0.5) is 19.0 Å². The number of likely N-dealkylation sites (tertiary alicyclic amines) is 1. The number of carbonyl (C=O) groups excluding carboxylic acids is 1. The van der Waals surface area contributed by atoms with Crippen molar-refractivity contribution in [1.82, 2.24) is 15.2 Å². The highest BCUT2D eigenvalue weighted by atomic mass is 35.5. The second-order valence-electron chi connectivity index (χ2n) is 5.78. The zero-order valence-electron chi connectivity index (χ0n) is 13.3. The standard InChI is InChI=1S/C15H20ClF3N4O/c1-20-7-10-3-5-23(9-10)13(24)2-4-21-14-12(16)6-11(8-22-14)15(17,18)19/h6,8,10,20H,2-5,7,9H2,1H3,(H,21,22)/t10-/m1/s1. The minimum Gasteiger partial charge on any atom is -0.368 e. The summed E-state index contributed by atoms with van der Waals surface area (Å²) in [5.74, 6) is 0.633. The SMILES string of the molecule is CNC[C@H]1CCN(C(=O)CCNc2ncc(C(F)(F)F)cc2Cl)C1. The largest absolute Gasteiger partial charge is 0.417 e. The summed E-state index contributed by atoms with van der Waals surface area (Å²) in [6.07, 6.45) is -2.54. The first-order valence-corrected chi connectivity index (χ1v) is 8.08. The van der Waals surface area contributed by atoms with Gasteiger partial charge in [-0.05, 0) is 32.0 Å². The van der Waals surface area contributed by atoms with Gasteiger partial charge in [0.25, 0.3) is 0 Å². The van der Waals surface area contributed by atoms with Gasteiger partial charge in [-0.25, -0.2) is 4.98 Å². The number of carbonyl (C=O) groups is 1. The van der Waals surface area contributed by atoms with Crippen molar-refractivity contribution in [3.05, 3.63) is 22.8 Å². The van der Waals surface area contributed by atoms with Gasteiger partial charge < -0.3 is 15.5 Å². The highest BCUT2D eigenvalue weighted by Crippen LogP contribution is 2.32. The van der Waals surface area contributed by atoms with Gasteiger partial charge in [0.15, 0.2) is 0 Å². The van der Waals surface area contributed by atoms with Gasteiger partial charge in [0.05, 0.1) is 10.6 Å². The number of nitrogens with one attached hydrogen (secondary N) is 2. The fourth-order valence-corrected chi connectivity index (χ4v) is 2.92. The van der Waals surface area contributed by atoms with E-state index in [1.54, 1.807) is 0 Å². The molecule has 1 fully saturated rings. The third-order valence-electron chi connectivity index (χ3n) is 3.93. The summed E-state index contributed by atoms with van der Waals surface area (Å²) in [5, 5.41) is 5.80. The van der Waals surface area contributed by atoms with Crippen molar-refractivity contribution in [3.63, 3.8) is 0 Å². The number of aromatic nitrogens is 1. The zero-order valence-corrected chi connectivity index (χ0v) is 14.0. The predicted octanol–water partition coefficient (Wildman–Crippen LogP) is 2.62. The molecule has 0 bridgehead atoms. The lowest BCUT2D eigenvalue weighted by atomic mass is 10.1. The number of amides is 1. The highest BCUT2D eigenvalue weighted by molar-refractivity contribution is 6.32. The van der Waals surface area contributed by atoms with Crippen LogP contribution in [-0.2, 0) is 11.0 Å². The molecule has 1 aliphatic rings. The van der Waals surface area contributed by atoms with E-state index in [0.29, 0.717) is 5.92 Å². The topological polar surface area (TPSA) is 57.3 Å². The molecule has 0 unspecified atom stereocenters. The molecule has 9 heteroatoms. The van der Waals surface area contributed by atoms with Crippen LogP contribution < -0.4 is 10.6 Å². The molecule has 1 aromatic heterocycles. The van der Waals surface area contributed by atoms with Crippen molar-refractivity contribution in [2.45, 2.75) is 19.0 Å². The molecule has 0 radical (unpaired) electrons. The lowest BCUT2D eigenvalue weighted by Crippen LogP contribution is -2.31. The Morgan fingerprint density at radius 1 is 1.50 bits per heavy atom. The summed E-state index contributed by atoms with van der Waals surface area (Å²) >= 11 is 5.80. The summed E-state index contributed by atoms with van der Waals surface area (Å²) in [6, 6.07) is 0.821. The van der Waals surface area contributed by atoms with Gasteiger partial charge in [-0.15, -0.1) is 0 Å². The molecule has 2 N–H and O–H groups in total. The molecule has 1 atom stereocenters. The number of nitrogens with zero attached hydrogens (tertiary/aromatic N) is 2. The molecule has 2 rings (SSSR count). The van der Waals surface area contributed by atoms with Gasteiger partial charge in [-0.2, -0.15) is 13.2 Å². The number of pyridine rings is 1. The van der Waals surface area contributed by atoms with E-state index in [4.69, 9.17) is 11.6 Å². The molecule has 2 heterocycles. The van der Waals surface area contributed by atoms with E-state index in [0.717, 1.165) is 38.3 Å². The summed E-state index contributed by atoms with van der Waals surface area (Å²) < 4.78 is 37.6. The van der Waals surface area contributed by atoms with Crippen LogP contribution in [0, 0.1) is 5.92 Å². The molecule has 0 aromatic carbocycles. The quantitative estimate of drug-likeness (QED) is 0.814. The van der Waals surface area contributed by atoms with Gasteiger partial charge in [-0.3, -0.25) is 4.79 Å². The van der Waals surface area contributed by atoms with Crippen molar-refractivity contribution in [2.24, 2.45) is 5.92 Å². The Morgan fingerprint density at radius 3 is 2.88 bits per heavy atom. The fourth-order valence-electron chi connectivity index (χ4n) is 2.68. The van der Waals surface area contributed by atoms with E-state index in [9.17, 15) is 18.0 Å². The average molecular weight is 365 g/mol. The van der Waals surface area contributed by atoms with Crippen molar-refractivity contribution in [2.75, 3.05) is 38.5 Å². The Labute approximate surface area is 143 Å². The molecular formula is C15H20ClF3N4O. The van der Waals surface area contributed by atoms with E-state index >= 15 is 0 Å². The molecule has 0 saturated carbocycles. The summed E-state index contributed by atoms with van der Waals surface area (Å²) in [4.78, 5) is 17.6. The Bertz CT molecular complexity index is 582. The third-order valence-corrected chi connectivity index (χ3v) is 4.22. The van der Waals surface area contributed by atoms with Crippen molar-refractivity contribution >= 4 is 23.3 Å². The number of alkyl halides is 3. The normalized spacial score (nSPS) is 18.0. The number of hydrogen-bond acceptors (Lipinski definition) is 4. The molecule has 0 aliphatic carbocycles. The Morgan fingerprint density at radius 2 is 2.25 bits per heavy atom. The number of halogens is 4. The minimum atomic E-state index is -4.48. The fraction of sp³-hybridized carbons (Fsp3) is 0.600. The van der Waals surface area contributed by atoms with Crippen molar-refractivity contribution in [1.29, 1.82) is 0 Å². The first kappa shape index (κ1) is 18.8. The maximum Gasteiger partial charge on any atom is 0.417 e. The van der Waals surface area contributed by atoms with E-state index < -0.39 is 11.7 Å². The van der Waals surface area contributed by atoms with E-state index in [-0.39, 0.29) is 29.7 Å². The minimum absolute atomic E-state index is 0.0177. The average Bonchev–Trinajstić information content (AvgIpc) is 2.97. The van der Waals surface area contributed by atoms with Crippen LogP contribution in [0.15, 0.2) is 12.3 Å². The van der Waals surface area contributed by atoms with Crippen LogP contribution in [0.3, 0.4) is 0 Å². The maximum absolute atomic E-state index is 12.5. The lowest BCUT2D eigenvalue weighted by Gasteiger charge is -2.17. The summed E-state index contributed by atoms with van der Waals surface area (Å²) in [7, 11) is 1.88. The Hall–Kier alpha value is -1.54. The van der Waals surface area contributed by atoms with E-state index in [2.05, 4.69) is 15.6 Å². The third kappa shape index (κ3) is 4.98. The molecule has 1 aliphatic heterocycles. The molecule has 1 aromatic rings. The van der Waals surface area contributed by atoms with Crippen LogP contribution in [0.5, 0.6) is 0 Å². The van der Waals surface area contributed by atoms with Gasteiger partial charge >= 0.3 is 6.18 Å². The lowest BCUT2D eigenvalue weighted by molar-refractivity contribution is -0.137. The van der Waals surface area contributed by atoms with Crippen LogP contribution >= 0.6 is 11.6 Å². The van der Waals surface area contributed by atoms with Gasteiger partial charge in [0, 0.05) is 32.3 Å².